The van der Waals surface area contributed by atoms with Gasteiger partial charge in [0.05, 0.1) is 18.2 Å². The minimum absolute atomic E-state index is 0.374. The second-order valence-electron chi connectivity index (χ2n) is 7.86. The lowest BCUT2D eigenvalue weighted by Gasteiger charge is -2.18. The Labute approximate surface area is 188 Å². The maximum atomic E-state index is 8.90. The fraction of sp³-hybridized carbons (Fsp3) is 0.435. The Morgan fingerprint density at radius 3 is 2.00 bits per heavy atom. The monoisotopic (exact) mass is 473 g/mol. The molecule has 0 fully saturated rings. The number of benzene rings is 2. The van der Waals surface area contributed by atoms with Crippen molar-refractivity contribution in [3.8, 4) is 17.6 Å². The van der Waals surface area contributed by atoms with E-state index in [9.17, 15) is 0 Å². The van der Waals surface area contributed by atoms with Crippen molar-refractivity contribution in [1.29, 1.82) is 5.26 Å². The van der Waals surface area contributed by atoms with Crippen LogP contribution in [0.3, 0.4) is 0 Å². The molecule has 0 aliphatic carbocycles. The van der Waals surface area contributed by atoms with E-state index in [1.807, 2.05) is 18.2 Å². The number of ether oxygens (including phenoxy) is 1. The molecule has 0 unspecified atom stereocenters. The molecule has 0 spiro atoms. The van der Waals surface area contributed by atoms with Crippen molar-refractivity contribution < 1.29 is 18.7 Å². The van der Waals surface area contributed by atoms with Gasteiger partial charge in [0.15, 0.2) is 0 Å². The van der Waals surface area contributed by atoms with Gasteiger partial charge in [-0.2, -0.15) is 5.26 Å². The number of rotatable bonds is 12. The summed E-state index contributed by atoms with van der Waals surface area (Å²) in [7, 11) is -0.687. The predicted molar refractivity (Wildman–Crippen MR) is 122 cm³/mol. The molecule has 0 bridgehead atoms. The quantitative estimate of drug-likeness (QED) is 0.275. The van der Waals surface area contributed by atoms with Gasteiger partial charge in [-0.05, 0) is 59.4 Å². The van der Waals surface area contributed by atoms with E-state index in [-0.39, 0.29) is 0 Å². The summed E-state index contributed by atoms with van der Waals surface area (Å²) in [5.41, 5.74) is 2.70. The molecule has 2 aromatic rings. The van der Waals surface area contributed by atoms with Crippen LogP contribution in [0.5, 0.6) is 11.5 Å². The van der Waals surface area contributed by atoms with Crippen molar-refractivity contribution in [2.75, 3.05) is 13.2 Å². The molecular formula is C23H29BBrNO4. The van der Waals surface area contributed by atoms with Crippen LogP contribution in [0, 0.1) is 23.2 Å². The number of hydrogen-bond acceptors (Lipinski definition) is 5. The summed E-state index contributed by atoms with van der Waals surface area (Å²) in [5.74, 6) is 2.20. The molecule has 0 aliphatic heterocycles. The van der Waals surface area contributed by atoms with Gasteiger partial charge in [-0.25, -0.2) is 0 Å². The van der Waals surface area contributed by atoms with E-state index in [4.69, 9.17) is 24.0 Å². The van der Waals surface area contributed by atoms with Crippen LogP contribution in [-0.4, -0.2) is 20.5 Å². The van der Waals surface area contributed by atoms with Crippen molar-refractivity contribution in [3.63, 3.8) is 0 Å². The van der Waals surface area contributed by atoms with Gasteiger partial charge >= 0.3 is 7.32 Å². The summed E-state index contributed by atoms with van der Waals surface area (Å²) in [6.45, 7) is 9.89. The third kappa shape index (κ3) is 8.49. The molecule has 30 heavy (non-hydrogen) atoms. The third-order valence-corrected chi connectivity index (χ3v) is 4.65. The Balaban J connectivity index is 2.02. The average Bonchev–Trinajstić information content (AvgIpc) is 2.74. The van der Waals surface area contributed by atoms with Crippen LogP contribution in [0.4, 0.5) is 0 Å². The first kappa shape index (κ1) is 24.4. The number of alkyl halides is 1. The van der Waals surface area contributed by atoms with Gasteiger partial charge in [-0.1, -0.05) is 49.7 Å². The summed E-state index contributed by atoms with van der Waals surface area (Å²) in [6, 6.07) is 15.0. The van der Waals surface area contributed by atoms with Crippen molar-refractivity contribution in [2.24, 2.45) is 11.8 Å². The van der Waals surface area contributed by atoms with Crippen molar-refractivity contribution in [3.05, 3.63) is 59.2 Å². The molecule has 0 aliphatic rings. The highest BCUT2D eigenvalue weighted by Gasteiger charge is 2.23. The van der Waals surface area contributed by atoms with E-state index in [0.29, 0.717) is 48.3 Å². The van der Waals surface area contributed by atoms with Crippen LogP contribution < -0.4 is 4.74 Å². The van der Waals surface area contributed by atoms with Crippen molar-refractivity contribution in [2.45, 2.75) is 39.6 Å². The maximum Gasteiger partial charge on any atom is 0.639 e. The summed E-state index contributed by atoms with van der Waals surface area (Å²) in [4.78, 5) is 0. The van der Waals surface area contributed by atoms with Gasteiger partial charge in [0.25, 0.3) is 0 Å². The van der Waals surface area contributed by atoms with E-state index in [0.717, 1.165) is 16.9 Å². The van der Waals surface area contributed by atoms with Gasteiger partial charge < -0.3 is 18.7 Å². The lowest BCUT2D eigenvalue weighted by molar-refractivity contribution is 0.0706. The number of hydrogen-bond donors (Lipinski definition) is 0. The molecule has 0 amide bonds. The first-order chi connectivity index (χ1) is 14.4. The summed E-state index contributed by atoms with van der Waals surface area (Å²) < 4.78 is 23.4. The summed E-state index contributed by atoms with van der Waals surface area (Å²) >= 11 is 3.54. The van der Waals surface area contributed by atoms with Crippen molar-refractivity contribution >= 4 is 23.3 Å². The van der Waals surface area contributed by atoms with Crippen molar-refractivity contribution in [1.82, 2.24) is 0 Å². The Morgan fingerprint density at radius 2 is 1.47 bits per heavy atom. The Kier molecular flexibility index (Phi) is 10.4. The summed E-state index contributed by atoms with van der Waals surface area (Å²) in [6.07, 6.45) is 0. The molecule has 0 radical (unpaired) electrons. The molecule has 0 atom stereocenters. The Morgan fingerprint density at radius 1 is 0.867 bits per heavy atom. The van der Waals surface area contributed by atoms with Gasteiger partial charge in [0.1, 0.15) is 11.5 Å². The van der Waals surface area contributed by atoms with Crippen LogP contribution in [0.15, 0.2) is 42.5 Å². The highest BCUT2D eigenvalue weighted by molar-refractivity contribution is 9.08. The first-order valence-electron chi connectivity index (χ1n) is 10.1. The van der Waals surface area contributed by atoms with E-state index in [1.165, 1.54) is 0 Å². The minimum atomic E-state index is -0.687. The topological polar surface area (TPSA) is 60.7 Å². The fourth-order valence-electron chi connectivity index (χ4n) is 2.51. The molecule has 160 valence electrons. The fourth-order valence-corrected chi connectivity index (χ4v) is 3.03. The zero-order valence-electron chi connectivity index (χ0n) is 18.1. The normalized spacial score (nSPS) is 11.0. The van der Waals surface area contributed by atoms with Gasteiger partial charge in [0, 0.05) is 18.5 Å². The van der Waals surface area contributed by atoms with Gasteiger partial charge in [-0.15, -0.1) is 0 Å². The lowest BCUT2D eigenvalue weighted by Crippen LogP contribution is -2.30. The highest BCUT2D eigenvalue weighted by atomic mass is 79.9. The first-order valence-corrected chi connectivity index (χ1v) is 11.2. The second-order valence-corrected chi connectivity index (χ2v) is 8.42. The number of nitrogens with zero attached hydrogens (tertiary/aromatic N) is 1. The average molecular weight is 474 g/mol. The smallest absolute Gasteiger partial charge is 0.457 e. The van der Waals surface area contributed by atoms with Crippen LogP contribution in [0.2, 0.25) is 0 Å². The molecule has 0 saturated heterocycles. The molecular weight excluding hydrogens is 445 g/mol. The highest BCUT2D eigenvalue weighted by Crippen LogP contribution is 2.26. The van der Waals surface area contributed by atoms with Gasteiger partial charge in [0.2, 0.25) is 0 Å². The van der Waals surface area contributed by atoms with Gasteiger partial charge in [-0.3, -0.25) is 0 Å². The zero-order chi connectivity index (χ0) is 21.9. The summed E-state index contributed by atoms with van der Waals surface area (Å²) in [5, 5.41) is 9.57. The molecule has 0 saturated carbocycles. The molecule has 5 nitrogen and oxygen atoms in total. The zero-order valence-corrected chi connectivity index (χ0v) is 19.6. The lowest BCUT2D eigenvalue weighted by atomic mass is 10.1. The second kappa shape index (κ2) is 12.8. The molecule has 0 aromatic heterocycles. The van der Waals surface area contributed by atoms with E-state index in [1.54, 1.807) is 24.3 Å². The van der Waals surface area contributed by atoms with Crippen LogP contribution >= 0.6 is 15.9 Å². The molecule has 2 rings (SSSR count). The Bertz CT molecular complexity index is 809. The predicted octanol–water partition coefficient (Wildman–Crippen LogP) is 6.09. The molecule has 7 heteroatoms. The SMILES string of the molecule is CC(C)COB(OCc1ccc(Oc2ccc(C#N)cc2)cc1CBr)OCC(C)C. The maximum absolute atomic E-state index is 8.90. The van der Waals surface area contributed by atoms with E-state index in [2.05, 4.69) is 49.7 Å². The van der Waals surface area contributed by atoms with E-state index >= 15 is 0 Å². The number of nitriles is 1. The van der Waals surface area contributed by atoms with Crippen LogP contribution in [-0.2, 0) is 25.9 Å². The van der Waals surface area contributed by atoms with Crippen LogP contribution in [0.1, 0.15) is 44.4 Å². The molecule has 0 N–H and O–H groups in total. The molecule has 0 heterocycles. The standard InChI is InChI=1S/C23H29BBrNO4/c1-17(2)14-27-24(28-15-18(3)4)29-16-20-7-10-23(11-21(20)12-25)30-22-8-5-19(13-26)6-9-22/h5-11,17-18H,12,14-16H2,1-4H3. The van der Waals surface area contributed by atoms with Crippen LogP contribution in [0.25, 0.3) is 0 Å². The Hall–Kier alpha value is -1.85. The third-order valence-electron chi connectivity index (χ3n) is 4.05. The van der Waals surface area contributed by atoms with E-state index < -0.39 is 7.32 Å². The minimum Gasteiger partial charge on any atom is -0.457 e. The number of halogens is 1. The largest absolute Gasteiger partial charge is 0.639 e. The molecule has 2 aromatic carbocycles.